The van der Waals surface area contributed by atoms with Gasteiger partial charge < -0.3 is 13.9 Å². The van der Waals surface area contributed by atoms with Crippen LogP contribution in [0.1, 0.15) is 15.9 Å². The topological polar surface area (TPSA) is 74.5 Å². The number of aromatic nitrogens is 2. The van der Waals surface area contributed by atoms with Crippen LogP contribution in [0.3, 0.4) is 0 Å². The summed E-state index contributed by atoms with van der Waals surface area (Å²) in [6.07, 6.45) is 1.87. The van der Waals surface area contributed by atoms with E-state index in [-0.39, 0.29) is 12.2 Å². The van der Waals surface area contributed by atoms with Crippen LogP contribution < -0.4 is 9.47 Å². The third-order valence-corrected chi connectivity index (χ3v) is 4.41. The van der Waals surface area contributed by atoms with E-state index in [1.807, 2.05) is 30.3 Å². The standard InChI is InChI=1S/C22H18N2O4/c1-26-17-8-4-9-18(27-2)20(17)16(25)13-14-6-3-7-15(12-14)22-24-21-19(28-22)10-5-11-23-21/h3-12H,13H2,1-2H3. The van der Waals surface area contributed by atoms with Crippen LogP contribution in [0.5, 0.6) is 11.5 Å². The maximum Gasteiger partial charge on any atom is 0.228 e. The highest BCUT2D eigenvalue weighted by Crippen LogP contribution is 2.30. The van der Waals surface area contributed by atoms with Crippen molar-refractivity contribution in [3.63, 3.8) is 0 Å². The van der Waals surface area contributed by atoms with Gasteiger partial charge in [0.25, 0.3) is 0 Å². The van der Waals surface area contributed by atoms with Gasteiger partial charge in [-0.25, -0.2) is 4.98 Å². The Morgan fingerprint density at radius 3 is 2.46 bits per heavy atom. The highest BCUT2D eigenvalue weighted by atomic mass is 16.5. The molecule has 2 aromatic heterocycles. The Morgan fingerprint density at radius 2 is 1.75 bits per heavy atom. The van der Waals surface area contributed by atoms with E-state index in [0.29, 0.717) is 34.2 Å². The molecule has 0 aliphatic carbocycles. The summed E-state index contributed by atoms with van der Waals surface area (Å²) in [4.78, 5) is 21.6. The molecular formula is C22H18N2O4. The van der Waals surface area contributed by atoms with E-state index in [2.05, 4.69) is 9.97 Å². The van der Waals surface area contributed by atoms with Gasteiger partial charge in [0.1, 0.15) is 17.1 Å². The highest BCUT2D eigenvalue weighted by molar-refractivity contribution is 6.02. The van der Waals surface area contributed by atoms with E-state index in [1.54, 1.807) is 30.5 Å². The fourth-order valence-corrected chi connectivity index (χ4v) is 3.11. The van der Waals surface area contributed by atoms with Gasteiger partial charge in [-0.15, -0.1) is 0 Å². The van der Waals surface area contributed by atoms with Crippen LogP contribution in [-0.4, -0.2) is 30.0 Å². The largest absolute Gasteiger partial charge is 0.496 e. The Labute approximate surface area is 161 Å². The SMILES string of the molecule is COc1cccc(OC)c1C(=O)Cc1cccc(-c2nc3ncccc3o2)c1. The van der Waals surface area contributed by atoms with Gasteiger partial charge in [-0.3, -0.25) is 4.79 Å². The zero-order chi connectivity index (χ0) is 19.5. The summed E-state index contributed by atoms with van der Waals surface area (Å²) in [6.45, 7) is 0. The average molecular weight is 374 g/mol. The second-order valence-electron chi connectivity index (χ2n) is 6.18. The van der Waals surface area contributed by atoms with Crippen molar-refractivity contribution in [2.24, 2.45) is 0 Å². The summed E-state index contributed by atoms with van der Waals surface area (Å²) in [5.74, 6) is 1.36. The molecule has 4 aromatic rings. The van der Waals surface area contributed by atoms with Crippen LogP contribution >= 0.6 is 0 Å². The molecule has 6 nitrogen and oxygen atoms in total. The summed E-state index contributed by atoms with van der Waals surface area (Å²) in [5.41, 5.74) is 3.24. The van der Waals surface area contributed by atoms with Crippen molar-refractivity contribution in [3.05, 3.63) is 71.9 Å². The maximum absolute atomic E-state index is 13.0. The number of carbonyl (C=O) groups is 1. The van der Waals surface area contributed by atoms with E-state index >= 15 is 0 Å². The molecule has 140 valence electrons. The summed E-state index contributed by atoms with van der Waals surface area (Å²) < 4.78 is 16.5. The molecule has 0 bridgehead atoms. The molecule has 0 saturated heterocycles. The molecule has 2 heterocycles. The van der Waals surface area contributed by atoms with Crippen molar-refractivity contribution >= 4 is 17.0 Å². The molecule has 0 fully saturated rings. The number of fused-ring (bicyclic) bond motifs is 1. The lowest BCUT2D eigenvalue weighted by Crippen LogP contribution is -2.08. The number of ether oxygens (including phenoxy) is 2. The lowest BCUT2D eigenvalue weighted by molar-refractivity contribution is 0.0987. The van der Waals surface area contributed by atoms with E-state index in [9.17, 15) is 4.79 Å². The normalized spacial score (nSPS) is 10.8. The van der Waals surface area contributed by atoms with Crippen molar-refractivity contribution in [2.75, 3.05) is 14.2 Å². The van der Waals surface area contributed by atoms with Crippen LogP contribution in [0, 0.1) is 0 Å². The molecule has 0 spiro atoms. The average Bonchev–Trinajstić information content (AvgIpc) is 3.17. The van der Waals surface area contributed by atoms with Crippen LogP contribution in [0.2, 0.25) is 0 Å². The molecule has 0 aliphatic heterocycles. The van der Waals surface area contributed by atoms with Gasteiger partial charge in [0, 0.05) is 18.2 Å². The molecule has 28 heavy (non-hydrogen) atoms. The molecule has 2 aromatic carbocycles. The Kier molecular flexibility index (Phi) is 4.76. The minimum Gasteiger partial charge on any atom is -0.496 e. The summed E-state index contributed by atoms with van der Waals surface area (Å²) in [5, 5.41) is 0. The number of rotatable bonds is 6. The van der Waals surface area contributed by atoms with E-state index < -0.39 is 0 Å². The lowest BCUT2D eigenvalue weighted by Gasteiger charge is -2.12. The minimum absolute atomic E-state index is 0.0920. The number of oxazole rings is 1. The first-order valence-electron chi connectivity index (χ1n) is 8.74. The first kappa shape index (κ1) is 17.7. The van der Waals surface area contributed by atoms with Crippen LogP contribution in [0.15, 0.2) is 65.2 Å². The number of methoxy groups -OCH3 is 2. The molecule has 4 rings (SSSR count). The molecule has 0 atom stereocenters. The molecular weight excluding hydrogens is 356 g/mol. The van der Waals surface area contributed by atoms with Gasteiger partial charge in [0.2, 0.25) is 5.89 Å². The third kappa shape index (κ3) is 3.32. The van der Waals surface area contributed by atoms with Gasteiger partial charge >= 0.3 is 0 Å². The number of Topliss-reactive ketones (excluding diaryl/α,β-unsaturated/α-hetero) is 1. The summed E-state index contributed by atoms with van der Waals surface area (Å²) in [6, 6.07) is 16.5. The first-order valence-corrected chi connectivity index (χ1v) is 8.74. The van der Waals surface area contributed by atoms with Crippen LogP contribution in [0.4, 0.5) is 0 Å². The lowest BCUT2D eigenvalue weighted by atomic mass is 10.00. The van der Waals surface area contributed by atoms with Crippen LogP contribution in [0.25, 0.3) is 22.7 Å². The number of nitrogens with zero attached hydrogens (tertiary/aromatic N) is 2. The number of ketones is 1. The predicted molar refractivity (Wildman–Crippen MR) is 105 cm³/mol. The van der Waals surface area contributed by atoms with Crippen molar-refractivity contribution in [3.8, 4) is 23.0 Å². The first-order chi connectivity index (χ1) is 13.7. The van der Waals surface area contributed by atoms with Crippen molar-refractivity contribution in [1.82, 2.24) is 9.97 Å². The zero-order valence-electron chi connectivity index (χ0n) is 15.5. The monoisotopic (exact) mass is 374 g/mol. The van der Waals surface area contributed by atoms with Gasteiger partial charge in [0.05, 0.1) is 14.2 Å². The maximum atomic E-state index is 13.0. The molecule has 6 heteroatoms. The quantitative estimate of drug-likeness (QED) is 0.468. The van der Waals surface area contributed by atoms with E-state index in [4.69, 9.17) is 13.9 Å². The zero-order valence-corrected chi connectivity index (χ0v) is 15.5. The predicted octanol–water partition coefficient (Wildman–Crippen LogP) is 4.33. The van der Waals surface area contributed by atoms with Gasteiger partial charge in [-0.1, -0.05) is 18.2 Å². The Morgan fingerprint density at radius 1 is 1.00 bits per heavy atom. The van der Waals surface area contributed by atoms with Crippen molar-refractivity contribution in [2.45, 2.75) is 6.42 Å². The van der Waals surface area contributed by atoms with Gasteiger partial charge in [-0.2, -0.15) is 4.98 Å². The Balaban J connectivity index is 1.65. The molecule has 0 radical (unpaired) electrons. The second kappa shape index (κ2) is 7.52. The fourth-order valence-electron chi connectivity index (χ4n) is 3.11. The van der Waals surface area contributed by atoms with Gasteiger partial charge in [0.15, 0.2) is 17.0 Å². The second-order valence-corrected chi connectivity index (χ2v) is 6.18. The fraction of sp³-hybridized carbons (Fsp3) is 0.136. The van der Waals surface area contributed by atoms with E-state index in [0.717, 1.165) is 11.1 Å². The Bertz CT molecular complexity index is 1090. The minimum atomic E-state index is -0.0920. The number of pyridine rings is 1. The number of hydrogen-bond donors (Lipinski definition) is 0. The smallest absolute Gasteiger partial charge is 0.228 e. The highest BCUT2D eigenvalue weighted by Gasteiger charge is 2.19. The molecule has 0 amide bonds. The van der Waals surface area contributed by atoms with Crippen molar-refractivity contribution < 1.29 is 18.7 Å². The van der Waals surface area contributed by atoms with E-state index in [1.165, 1.54) is 14.2 Å². The molecule has 0 aliphatic rings. The Hall–Kier alpha value is -3.67. The van der Waals surface area contributed by atoms with Gasteiger partial charge in [-0.05, 0) is 42.0 Å². The molecule has 0 N–H and O–H groups in total. The summed E-state index contributed by atoms with van der Waals surface area (Å²) in [7, 11) is 3.07. The van der Waals surface area contributed by atoms with Crippen LogP contribution in [-0.2, 0) is 6.42 Å². The number of carbonyl (C=O) groups excluding carboxylic acids is 1. The third-order valence-electron chi connectivity index (χ3n) is 4.41. The number of benzene rings is 2. The summed E-state index contributed by atoms with van der Waals surface area (Å²) >= 11 is 0. The molecule has 0 unspecified atom stereocenters. The number of hydrogen-bond acceptors (Lipinski definition) is 6. The van der Waals surface area contributed by atoms with Crippen molar-refractivity contribution in [1.29, 1.82) is 0 Å². The molecule has 0 saturated carbocycles.